The van der Waals surface area contributed by atoms with Crippen molar-refractivity contribution >= 4 is 23.2 Å². The Bertz CT molecular complexity index is 1060. The molecule has 2 aromatic carbocycles. The van der Waals surface area contributed by atoms with E-state index in [1.54, 1.807) is 0 Å². The summed E-state index contributed by atoms with van der Waals surface area (Å²) in [6, 6.07) is 12.3. The van der Waals surface area contributed by atoms with Gasteiger partial charge in [0.1, 0.15) is 5.75 Å². The Morgan fingerprint density at radius 3 is 2.69 bits per heavy atom. The van der Waals surface area contributed by atoms with Crippen LogP contribution in [0.4, 0.5) is 11.4 Å². The van der Waals surface area contributed by atoms with E-state index >= 15 is 0 Å². The van der Waals surface area contributed by atoms with Crippen LogP contribution in [-0.2, 0) is 19.7 Å². The van der Waals surface area contributed by atoms with E-state index in [0.717, 1.165) is 62.3 Å². The van der Waals surface area contributed by atoms with Crippen molar-refractivity contribution in [2.45, 2.75) is 44.9 Å². The molecule has 2 amide bonds. The van der Waals surface area contributed by atoms with Crippen LogP contribution < -0.4 is 15.0 Å². The lowest BCUT2D eigenvalue weighted by atomic mass is 9.75. The summed E-state index contributed by atoms with van der Waals surface area (Å²) in [6.07, 6.45) is 3.75. The van der Waals surface area contributed by atoms with Crippen LogP contribution in [-0.4, -0.2) is 38.2 Å². The highest BCUT2D eigenvalue weighted by atomic mass is 16.5. The molecule has 0 radical (unpaired) electrons. The number of carbonyl (C=O) groups excluding carboxylic acids is 2. The molecule has 1 N–H and O–H groups in total. The number of ether oxygens (including phenoxy) is 2. The van der Waals surface area contributed by atoms with Crippen molar-refractivity contribution in [3.63, 3.8) is 0 Å². The van der Waals surface area contributed by atoms with Crippen LogP contribution >= 0.6 is 0 Å². The lowest BCUT2D eigenvalue weighted by molar-refractivity contribution is -0.122. The molecule has 5 rings (SSSR count). The topological polar surface area (TPSA) is 67.9 Å². The summed E-state index contributed by atoms with van der Waals surface area (Å²) in [5.41, 5.74) is 5.02. The third-order valence-corrected chi connectivity index (χ3v) is 7.12. The molecule has 0 saturated carbocycles. The highest BCUT2D eigenvalue weighted by Crippen LogP contribution is 2.48. The molecule has 0 bridgehead atoms. The van der Waals surface area contributed by atoms with Gasteiger partial charge in [0.15, 0.2) is 6.61 Å². The average Bonchev–Trinajstić information content (AvgIpc) is 3.11. The van der Waals surface area contributed by atoms with Gasteiger partial charge >= 0.3 is 0 Å². The van der Waals surface area contributed by atoms with E-state index in [0.29, 0.717) is 11.4 Å². The van der Waals surface area contributed by atoms with Crippen LogP contribution in [0.5, 0.6) is 5.75 Å². The Morgan fingerprint density at radius 1 is 1.16 bits per heavy atom. The number of benzene rings is 2. The molecule has 6 heteroatoms. The zero-order chi connectivity index (χ0) is 22.3. The Hall–Kier alpha value is -2.86. The average molecular weight is 435 g/mol. The molecule has 3 heterocycles. The maximum absolute atomic E-state index is 13.3. The molecule has 0 aromatic heterocycles. The third-order valence-electron chi connectivity index (χ3n) is 7.12. The summed E-state index contributed by atoms with van der Waals surface area (Å²) < 4.78 is 11.2. The molecule has 0 aliphatic carbocycles. The minimum atomic E-state index is -0.139. The van der Waals surface area contributed by atoms with E-state index in [4.69, 9.17) is 9.47 Å². The highest BCUT2D eigenvalue weighted by Gasteiger charge is 2.46. The first-order valence-electron chi connectivity index (χ1n) is 11.6. The second-order valence-electron chi connectivity index (χ2n) is 9.29. The molecule has 0 unspecified atom stereocenters. The summed E-state index contributed by atoms with van der Waals surface area (Å²) in [5.74, 6) is 0.793. The van der Waals surface area contributed by atoms with E-state index in [-0.39, 0.29) is 29.8 Å². The molecule has 3 aliphatic heterocycles. The van der Waals surface area contributed by atoms with E-state index < -0.39 is 0 Å². The van der Waals surface area contributed by atoms with E-state index in [1.165, 1.54) is 5.56 Å². The number of nitrogens with zero attached hydrogens (tertiary/aromatic N) is 1. The standard InChI is InChI=1S/C26H30N2O4/c1-3-4-17(2)25(30)28-16-26(9-11-31-12-10-26)20-13-18(5-7-22(20)28)19-6-8-23-21(14-19)27-24(29)15-32-23/h5-8,13-14,17H,3-4,9-12,15-16H2,1-2H3,(H,27,29)/t17-/m1/s1. The molecule has 1 atom stereocenters. The predicted octanol–water partition coefficient (Wildman–Crippen LogP) is 4.52. The van der Waals surface area contributed by atoms with Gasteiger partial charge in [0, 0.05) is 36.8 Å². The number of amides is 2. The van der Waals surface area contributed by atoms with Crippen LogP contribution in [0.25, 0.3) is 11.1 Å². The fraction of sp³-hybridized carbons (Fsp3) is 0.462. The summed E-state index contributed by atoms with van der Waals surface area (Å²) in [7, 11) is 0. The molecule has 168 valence electrons. The zero-order valence-corrected chi connectivity index (χ0v) is 18.8. The summed E-state index contributed by atoms with van der Waals surface area (Å²) in [5, 5.41) is 2.89. The largest absolute Gasteiger partial charge is 0.482 e. The fourth-order valence-electron chi connectivity index (χ4n) is 5.32. The quantitative estimate of drug-likeness (QED) is 0.769. The Morgan fingerprint density at radius 2 is 1.91 bits per heavy atom. The van der Waals surface area contributed by atoms with Gasteiger partial charge in [-0.15, -0.1) is 0 Å². The van der Waals surface area contributed by atoms with Gasteiger partial charge in [0.2, 0.25) is 5.91 Å². The molecule has 32 heavy (non-hydrogen) atoms. The van der Waals surface area contributed by atoms with Crippen LogP contribution in [0.2, 0.25) is 0 Å². The molecule has 1 saturated heterocycles. The second kappa shape index (κ2) is 8.24. The normalized spacial score (nSPS) is 19.7. The summed E-state index contributed by atoms with van der Waals surface area (Å²) in [6.45, 7) is 6.39. The molecule has 1 spiro atoms. The van der Waals surface area contributed by atoms with Gasteiger partial charge in [-0.05, 0) is 60.2 Å². The van der Waals surface area contributed by atoms with Gasteiger partial charge in [-0.2, -0.15) is 0 Å². The highest BCUT2D eigenvalue weighted by molar-refractivity contribution is 5.99. The van der Waals surface area contributed by atoms with Gasteiger partial charge < -0.3 is 19.7 Å². The maximum atomic E-state index is 13.3. The number of hydrogen-bond acceptors (Lipinski definition) is 4. The number of carbonyl (C=O) groups is 2. The van der Waals surface area contributed by atoms with Gasteiger partial charge in [0.25, 0.3) is 5.91 Å². The third kappa shape index (κ3) is 3.56. The first kappa shape index (κ1) is 21.0. The van der Waals surface area contributed by atoms with Crippen LogP contribution in [0, 0.1) is 5.92 Å². The minimum Gasteiger partial charge on any atom is -0.482 e. The first-order valence-corrected chi connectivity index (χ1v) is 11.6. The van der Waals surface area contributed by atoms with Crippen molar-refractivity contribution in [3.8, 4) is 16.9 Å². The smallest absolute Gasteiger partial charge is 0.262 e. The molecular formula is C26H30N2O4. The van der Waals surface area contributed by atoms with Crippen LogP contribution in [0.15, 0.2) is 36.4 Å². The van der Waals surface area contributed by atoms with Crippen molar-refractivity contribution in [1.29, 1.82) is 0 Å². The number of rotatable bonds is 4. The van der Waals surface area contributed by atoms with E-state index in [1.807, 2.05) is 30.0 Å². The fourth-order valence-corrected chi connectivity index (χ4v) is 5.32. The molecule has 3 aliphatic rings. The lowest BCUT2D eigenvalue weighted by Crippen LogP contribution is -2.42. The van der Waals surface area contributed by atoms with Crippen molar-refractivity contribution in [2.75, 3.05) is 36.6 Å². The monoisotopic (exact) mass is 434 g/mol. The van der Waals surface area contributed by atoms with Crippen LogP contribution in [0.3, 0.4) is 0 Å². The van der Waals surface area contributed by atoms with Crippen molar-refractivity contribution in [2.24, 2.45) is 5.92 Å². The predicted molar refractivity (Wildman–Crippen MR) is 124 cm³/mol. The van der Waals surface area contributed by atoms with Gasteiger partial charge in [-0.1, -0.05) is 32.4 Å². The minimum absolute atomic E-state index is 0.0202. The molecular weight excluding hydrogens is 404 g/mol. The van der Waals surface area contributed by atoms with Gasteiger partial charge in [-0.3, -0.25) is 9.59 Å². The number of hydrogen-bond donors (Lipinski definition) is 1. The number of nitrogens with one attached hydrogen (secondary N) is 1. The van der Waals surface area contributed by atoms with Crippen molar-refractivity contribution in [3.05, 3.63) is 42.0 Å². The molecule has 2 aromatic rings. The SMILES string of the molecule is CCC[C@@H](C)C(=O)N1CC2(CCOCC2)c2cc(-c3ccc4c(c3)NC(=O)CO4)ccc21. The number of anilines is 2. The Balaban J connectivity index is 1.54. The molecule has 1 fully saturated rings. The maximum Gasteiger partial charge on any atom is 0.262 e. The van der Waals surface area contributed by atoms with Crippen molar-refractivity contribution < 1.29 is 19.1 Å². The Labute approximate surface area is 188 Å². The van der Waals surface area contributed by atoms with E-state index in [2.05, 4.69) is 30.4 Å². The van der Waals surface area contributed by atoms with Crippen molar-refractivity contribution in [1.82, 2.24) is 0 Å². The summed E-state index contributed by atoms with van der Waals surface area (Å²) in [4.78, 5) is 27.1. The van der Waals surface area contributed by atoms with Gasteiger partial charge in [-0.25, -0.2) is 0 Å². The van der Waals surface area contributed by atoms with Gasteiger partial charge in [0.05, 0.1) is 5.69 Å². The van der Waals surface area contributed by atoms with Crippen LogP contribution in [0.1, 0.15) is 45.1 Å². The Kier molecular flexibility index (Phi) is 5.41. The zero-order valence-electron chi connectivity index (χ0n) is 18.8. The van der Waals surface area contributed by atoms with E-state index in [9.17, 15) is 9.59 Å². The lowest BCUT2D eigenvalue weighted by Gasteiger charge is -2.34. The summed E-state index contributed by atoms with van der Waals surface area (Å²) >= 11 is 0. The number of fused-ring (bicyclic) bond motifs is 3. The second-order valence-corrected chi connectivity index (χ2v) is 9.29. The first-order chi connectivity index (χ1) is 15.5. The molecule has 6 nitrogen and oxygen atoms in total.